The summed E-state index contributed by atoms with van der Waals surface area (Å²) in [6.45, 7) is 2.82. The van der Waals surface area contributed by atoms with Gasteiger partial charge in [0, 0.05) is 19.2 Å². The van der Waals surface area contributed by atoms with Crippen LogP contribution in [0.2, 0.25) is 0 Å². The Hall–Kier alpha value is -2.62. The third-order valence-electron chi connectivity index (χ3n) is 3.23. The second-order valence-corrected chi connectivity index (χ2v) is 4.69. The topological polar surface area (TPSA) is 48.3 Å². The Morgan fingerprint density at radius 1 is 1.05 bits per heavy atom. The summed E-state index contributed by atoms with van der Waals surface area (Å²) in [6, 6.07) is 11.7. The van der Waals surface area contributed by atoms with Crippen molar-refractivity contribution in [1.82, 2.24) is 4.57 Å². The van der Waals surface area contributed by atoms with Crippen LogP contribution in [0.15, 0.2) is 42.6 Å². The summed E-state index contributed by atoms with van der Waals surface area (Å²) in [5, 5.41) is 2.83. The smallest absolute Gasteiger partial charge is 0.308 e. The van der Waals surface area contributed by atoms with Crippen LogP contribution in [-0.2, 0) is 4.79 Å². The molecule has 0 aliphatic carbocycles. The molecule has 0 amide bonds. The van der Waals surface area contributed by atoms with E-state index in [-0.39, 0.29) is 5.91 Å². The summed E-state index contributed by atoms with van der Waals surface area (Å²) in [4.78, 5) is 22.9. The fourth-order valence-corrected chi connectivity index (χ4v) is 2.38. The van der Waals surface area contributed by atoms with Gasteiger partial charge in [-0.15, -0.1) is 0 Å². The number of esters is 1. The normalized spacial score (nSPS) is 10.9. The summed E-state index contributed by atoms with van der Waals surface area (Å²) in [7, 11) is 0. The van der Waals surface area contributed by atoms with Crippen LogP contribution in [0.5, 0.6) is 5.75 Å². The molecule has 4 heteroatoms. The van der Waals surface area contributed by atoms with Gasteiger partial charge >= 0.3 is 5.97 Å². The maximum Gasteiger partial charge on any atom is 0.308 e. The number of carbonyl (C=O) groups excluding carboxylic acids is 2. The van der Waals surface area contributed by atoms with E-state index in [1.807, 2.05) is 36.4 Å². The first-order valence-electron chi connectivity index (χ1n) is 6.29. The molecule has 1 aromatic heterocycles. The maximum atomic E-state index is 11.7. The molecule has 1 heterocycles. The van der Waals surface area contributed by atoms with Gasteiger partial charge < -0.3 is 4.74 Å². The Balaban J connectivity index is 2.37. The number of nitrogens with zero attached hydrogens (tertiary/aromatic N) is 1. The highest BCUT2D eigenvalue weighted by Crippen LogP contribution is 2.32. The molecule has 0 N–H and O–H groups in total. The van der Waals surface area contributed by atoms with E-state index in [1.165, 1.54) is 18.4 Å². The molecular formula is C16H13NO3. The van der Waals surface area contributed by atoms with Crippen molar-refractivity contribution >= 4 is 33.6 Å². The Labute approximate surface area is 115 Å². The number of ether oxygens (including phenoxy) is 1. The van der Waals surface area contributed by atoms with E-state index in [0.717, 1.165) is 21.7 Å². The molecule has 0 bridgehead atoms. The number of aromatic nitrogens is 1. The second-order valence-electron chi connectivity index (χ2n) is 4.69. The van der Waals surface area contributed by atoms with Crippen LogP contribution in [0.1, 0.15) is 18.6 Å². The minimum Gasteiger partial charge on any atom is -0.424 e. The number of fused-ring (bicyclic) bond motifs is 2. The van der Waals surface area contributed by atoms with Crippen molar-refractivity contribution in [2.24, 2.45) is 0 Å². The zero-order valence-electron chi connectivity index (χ0n) is 11.2. The predicted octanol–water partition coefficient (Wildman–Crippen LogP) is 3.38. The minimum atomic E-state index is -0.402. The lowest BCUT2D eigenvalue weighted by Crippen LogP contribution is -2.03. The zero-order valence-corrected chi connectivity index (χ0v) is 11.2. The Bertz CT molecular complexity index is 845. The lowest BCUT2D eigenvalue weighted by Gasteiger charge is -2.02. The van der Waals surface area contributed by atoms with Gasteiger partial charge in [0.05, 0.1) is 11.7 Å². The monoisotopic (exact) mass is 267 g/mol. The van der Waals surface area contributed by atoms with Gasteiger partial charge in [0.25, 0.3) is 0 Å². The molecule has 20 heavy (non-hydrogen) atoms. The molecule has 0 fully saturated rings. The summed E-state index contributed by atoms with van der Waals surface area (Å²) in [5.74, 6) is -0.113. The Morgan fingerprint density at radius 3 is 2.30 bits per heavy atom. The third kappa shape index (κ3) is 1.95. The first kappa shape index (κ1) is 12.4. The molecule has 100 valence electrons. The molecular weight excluding hydrogens is 254 g/mol. The molecule has 0 saturated carbocycles. The molecule has 3 aromatic rings. The van der Waals surface area contributed by atoms with E-state index >= 15 is 0 Å². The number of rotatable bonds is 1. The average Bonchev–Trinajstić information content (AvgIpc) is 2.74. The van der Waals surface area contributed by atoms with Crippen LogP contribution >= 0.6 is 0 Å². The quantitative estimate of drug-likeness (QED) is 0.635. The molecule has 0 spiro atoms. The van der Waals surface area contributed by atoms with Gasteiger partial charge in [-0.1, -0.05) is 24.3 Å². The van der Waals surface area contributed by atoms with E-state index < -0.39 is 5.97 Å². The fourth-order valence-electron chi connectivity index (χ4n) is 2.38. The fraction of sp³-hybridized carbons (Fsp3) is 0.125. The van der Waals surface area contributed by atoms with E-state index in [2.05, 4.69) is 0 Å². The van der Waals surface area contributed by atoms with Gasteiger partial charge in [-0.25, -0.2) is 0 Å². The molecule has 2 aromatic carbocycles. The number of carbonyl (C=O) groups is 2. The van der Waals surface area contributed by atoms with E-state index in [4.69, 9.17) is 4.74 Å². The molecule has 0 saturated heterocycles. The van der Waals surface area contributed by atoms with Crippen molar-refractivity contribution in [1.29, 1.82) is 0 Å². The van der Waals surface area contributed by atoms with Gasteiger partial charge in [0.15, 0.2) is 5.75 Å². The molecule has 0 atom stereocenters. The highest BCUT2D eigenvalue weighted by Gasteiger charge is 2.14. The van der Waals surface area contributed by atoms with Crippen LogP contribution < -0.4 is 4.74 Å². The molecule has 3 rings (SSSR count). The average molecular weight is 267 g/mol. The highest BCUT2D eigenvalue weighted by atomic mass is 16.5. The maximum absolute atomic E-state index is 11.7. The first-order valence-corrected chi connectivity index (χ1v) is 6.29. The summed E-state index contributed by atoms with van der Waals surface area (Å²) >= 11 is 0. The van der Waals surface area contributed by atoms with Gasteiger partial charge in [-0.05, 0) is 22.9 Å². The highest BCUT2D eigenvalue weighted by molar-refractivity contribution is 6.04. The van der Waals surface area contributed by atoms with Crippen LogP contribution in [0.25, 0.3) is 21.7 Å². The first-order chi connectivity index (χ1) is 9.56. The number of hydrogen-bond donors (Lipinski definition) is 0. The summed E-state index contributed by atoms with van der Waals surface area (Å²) in [5.41, 5.74) is 0.743. The number of hydrogen-bond acceptors (Lipinski definition) is 3. The summed E-state index contributed by atoms with van der Waals surface area (Å²) < 4.78 is 6.70. The van der Waals surface area contributed by atoms with Crippen molar-refractivity contribution < 1.29 is 14.3 Å². The van der Waals surface area contributed by atoms with Crippen molar-refractivity contribution in [3.8, 4) is 5.75 Å². The summed E-state index contributed by atoms with van der Waals surface area (Å²) in [6.07, 6.45) is 1.56. The lowest BCUT2D eigenvalue weighted by atomic mass is 10.1. The molecule has 0 aliphatic rings. The van der Waals surface area contributed by atoms with Gasteiger partial charge in [0.1, 0.15) is 0 Å². The van der Waals surface area contributed by atoms with Crippen LogP contribution in [0.4, 0.5) is 0 Å². The van der Waals surface area contributed by atoms with E-state index in [0.29, 0.717) is 5.75 Å². The zero-order chi connectivity index (χ0) is 14.3. The number of benzene rings is 2. The lowest BCUT2D eigenvalue weighted by molar-refractivity contribution is -0.131. The second kappa shape index (κ2) is 4.49. The Kier molecular flexibility index (Phi) is 2.79. The van der Waals surface area contributed by atoms with Crippen molar-refractivity contribution in [3.05, 3.63) is 42.6 Å². The van der Waals surface area contributed by atoms with Crippen LogP contribution in [0, 0.1) is 0 Å². The molecule has 0 aliphatic heterocycles. The van der Waals surface area contributed by atoms with Crippen molar-refractivity contribution in [2.75, 3.05) is 0 Å². The predicted molar refractivity (Wildman–Crippen MR) is 77.1 cm³/mol. The standard InChI is InChI=1S/C16H13NO3/c1-10(18)17-9-16(20-11(2)19)14-7-12-5-3-4-6-13(12)8-15(14)17/h3-9H,1-2H3. The van der Waals surface area contributed by atoms with E-state index in [1.54, 1.807) is 6.20 Å². The van der Waals surface area contributed by atoms with Crippen LogP contribution in [-0.4, -0.2) is 16.4 Å². The van der Waals surface area contributed by atoms with Crippen molar-refractivity contribution in [2.45, 2.75) is 13.8 Å². The van der Waals surface area contributed by atoms with Crippen LogP contribution in [0.3, 0.4) is 0 Å². The van der Waals surface area contributed by atoms with Gasteiger partial charge in [-0.2, -0.15) is 0 Å². The van der Waals surface area contributed by atoms with Gasteiger partial charge in [0.2, 0.25) is 5.91 Å². The molecule has 0 radical (unpaired) electrons. The Morgan fingerprint density at radius 2 is 1.70 bits per heavy atom. The molecule has 4 nitrogen and oxygen atoms in total. The SMILES string of the molecule is CC(=O)Oc1cn(C(C)=O)c2cc3ccccc3cc12. The van der Waals surface area contributed by atoms with E-state index in [9.17, 15) is 9.59 Å². The molecule has 0 unspecified atom stereocenters. The van der Waals surface area contributed by atoms with Gasteiger partial charge in [-0.3, -0.25) is 14.2 Å². The minimum absolute atomic E-state index is 0.122. The largest absolute Gasteiger partial charge is 0.424 e. The van der Waals surface area contributed by atoms with Crippen molar-refractivity contribution in [3.63, 3.8) is 0 Å². The third-order valence-corrected chi connectivity index (χ3v) is 3.23.